The zero-order valence-electron chi connectivity index (χ0n) is 10.00. The fourth-order valence-electron chi connectivity index (χ4n) is 2.40. The van der Waals surface area contributed by atoms with Gasteiger partial charge in [-0.15, -0.1) is 0 Å². The number of imidazole rings is 1. The molecule has 0 spiro atoms. The molecule has 0 unspecified atom stereocenters. The van der Waals surface area contributed by atoms with Gasteiger partial charge in [0, 0.05) is 17.6 Å². The molecule has 0 bridgehead atoms. The van der Waals surface area contributed by atoms with Crippen molar-refractivity contribution in [2.45, 2.75) is 6.42 Å². The number of amides is 1. The second-order valence-corrected chi connectivity index (χ2v) is 4.53. The molecule has 3 aromatic rings. The Morgan fingerprint density at radius 3 is 3.11 bits per heavy atom. The number of anilines is 1. The monoisotopic (exact) mass is 250 g/mol. The van der Waals surface area contributed by atoms with Gasteiger partial charge >= 0.3 is 0 Å². The maximum atomic E-state index is 11.4. The van der Waals surface area contributed by atoms with Crippen molar-refractivity contribution < 1.29 is 4.79 Å². The van der Waals surface area contributed by atoms with Crippen LogP contribution in [0.4, 0.5) is 5.69 Å². The summed E-state index contributed by atoms with van der Waals surface area (Å²) < 4.78 is 1.93. The molecule has 0 atom stereocenters. The molecule has 0 radical (unpaired) electrons. The highest BCUT2D eigenvalue weighted by atomic mass is 16.1. The molecular weight excluding hydrogens is 240 g/mol. The molecule has 2 aromatic heterocycles. The molecule has 0 saturated heterocycles. The standard InChI is InChI=1S/C14H10N4O/c19-13-7-9-6-10(3-4-11(9)17-13)18-8-16-12-2-1-5-15-14(12)18/h1-6,8H,7H2,(H,17,19). The molecule has 1 aliphatic rings. The van der Waals surface area contributed by atoms with E-state index < -0.39 is 0 Å². The molecule has 4 rings (SSSR count). The van der Waals surface area contributed by atoms with Crippen molar-refractivity contribution in [3.05, 3.63) is 48.4 Å². The van der Waals surface area contributed by atoms with Crippen molar-refractivity contribution in [1.82, 2.24) is 14.5 Å². The Hall–Kier alpha value is -2.69. The first-order chi connectivity index (χ1) is 9.31. The van der Waals surface area contributed by atoms with Crippen molar-refractivity contribution in [3.8, 4) is 5.69 Å². The van der Waals surface area contributed by atoms with Crippen molar-refractivity contribution in [1.29, 1.82) is 0 Å². The molecule has 0 fully saturated rings. The van der Waals surface area contributed by atoms with E-state index in [2.05, 4.69) is 15.3 Å². The second kappa shape index (κ2) is 3.65. The Kier molecular flexibility index (Phi) is 1.97. The number of hydrogen-bond donors (Lipinski definition) is 1. The van der Waals surface area contributed by atoms with Crippen LogP contribution in [0.3, 0.4) is 0 Å². The van der Waals surface area contributed by atoms with Crippen LogP contribution in [0, 0.1) is 0 Å². The van der Waals surface area contributed by atoms with E-state index in [0.29, 0.717) is 6.42 Å². The first-order valence-electron chi connectivity index (χ1n) is 6.02. The predicted molar refractivity (Wildman–Crippen MR) is 71.2 cm³/mol. The summed E-state index contributed by atoms with van der Waals surface area (Å²) >= 11 is 0. The van der Waals surface area contributed by atoms with Crippen molar-refractivity contribution >= 4 is 22.8 Å². The van der Waals surface area contributed by atoms with E-state index >= 15 is 0 Å². The Labute approximate surface area is 108 Å². The van der Waals surface area contributed by atoms with E-state index in [1.54, 1.807) is 12.5 Å². The summed E-state index contributed by atoms with van der Waals surface area (Å²) in [5.74, 6) is 0.0424. The lowest BCUT2D eigenvalue weighted by atomic mass is 10.1. The van der Waals surface area contributed by atoms with E-state index in [1.165, 1.54) is 0 Å². The van der Waals surface area contributed by atoms with Gasteiger partial charge in [-0.2, -0.15) is 0 Å². The number of hydrogen-bond acceptors (Lipinski definition) is 3. The minimum atomic E-state index is 0.0424. The molecule has 1 N–H and O–H groups in total. The summed E-state index contributed by atoms with van der Waals surface area (Å²) in [5.41, 5.74) is 4.56. The molecule has 0 aliphatic carbocycles. The first kappa shape index (κ1) is 10.3. The molecule has 5 nitrogen and oxygen atoms in total. The van der Waals surface area contributed by atoms with Gasteiger partial charge in [-0.25, -0.2) is 9.97 Å². The lowest BCUT2D eigenvalue weighted by Crippen LogP contribution is -2.03. The quantitative estimate of drug-likeness (QED) is 0.717. The lowest BCUT2D eigenvalue weighted by molar-refractivity contribution is -0.115. The largest absolute Gasteiger partial charge is 0.326 e. The Morgan fingerprint density at radius 1 is 1.21 bits per heavy atom. The maximum Gasteiger partial charge on any atom is 0.228 e. The predicted octanol–water partition coefficient (Wildman–Crippen LogP) is 1.92. The highest BCUT2D eigenvalue weighted by molar-refractivity contribution is 5.99. The van der Waals surface area contributed by atoms with E-state index in [0.717, 1.165) is 28.1 Å². The topological polar surface area (TPSA) is 59.8 Å². The number of fused-ring (bicyclic) bond motifs is 2. The van der Waals surface area contributed by atoms with Gasteiger partial charge in [0.25, 0.3) is 0 Å². The molecule has 0 saturated carbocycles. The molecule has 3 heterocycles. The van der Waals surface area contributed by atoms with Crippen LogP contribution in [-0.2, 0) is 11.2 Å². The maximum absolute atomic E-state index is 11.4. The summed E-state index contributed by atoms with van der Waals surface area (Å²) in [6.45, 7) is 0. The van der Waals surface area contributed by atoms with Crippen LogP contribution in [0.15, 0.2) is 42.9 Å². The number of aromatic nitrogens is 3. The first-order valence-corrected chi connectivity index (χ1v) is 6.02. The number of rotatable bonds is 1. The molecular formula is C14H10N4O. The Bertz CT molecular complexity index is 806. The third kappa shape index (κ3) is 1.52. The summed E-state index contributed by atoms with van der Waals surface area (Å²) in [5, 5.41) is 2.83. The normalized spacial score (nSPS) is 13.6. The fraction of sp³-hybridized carbons (Fsp3) is 0.0714. The number of pyridine rings is 1. The van der Waals surface area contributed by atoms with E-state index in [-0.39, 0.29) is 5.91 Å². The molecule has 1 amide bonds. The minimum absolute atomic E-state index is 0.0424. The highest BCUT2D eigenvalue weighted by Crippen LogP contribution is 2.26. The van der Waals surface area contributed by atoms with Gasteiger partial charge in [0.15, 0.2) is 5.65 Å². The van der Waals surface area contributed by atoms with Gasteiger partial charge in [-0.1, -0.05) is 0 Å². The van der Waals surface area contributed by atoms with E-state index in [4.69, 9.17) is 0 Å². The van der Waals surface area contributed by atoms with Crippen LogP contribution in [0.1, 0.15) is 5.56 Å². The second-order valence-electron chi connectivity index (χ2n) is 4.53. The zero-order chi connectivity index (χ0) is 12.8. The minimum Gasteiger partial charge on any atom is -0.326 e. The molecule has 1 aromatic carbocycles. The van der Waals surface area contributed by atoms with E-state index in [9.17, 15) is 4.79 Å². The fourth-order valence-corrected chi connectivity index (χ4v) is 2.40. The Morgan fingerprint density at radius 2 is 2.16 bits per heavy atom. The number of carbonyl (C=O) groups is 1. The molecule has 5 heteroatoms. The van der Waals surface area contributed by atoms with Crippen molar-refractivity contribution in [3.63, 3.8) is 0 Å². The third-order valence-corrected chi connectivity index (χ3v) is 3.30. The Balaban J connectivity index is 1.89. The van der Waals surface area contributed by atoms with Gasteiger partial charge in [-0.3, -0.25) is 9.36 Å². The number of benzene rings is 1. The van der Waals surface area contributed by atoms with E-state index in [1.807, 2.05) is 34.9 Å². The van der Waals surface area contributed by atoms with Crippen LogP contribution in [0.2, 0.25) is 0 Å². The van der Waals surface area contributed by atoms with Gasteiger partial charge in [0.05, 0.1) is 6.42 Å². The molecule has 1 aliphatic heterocycles. The van der Waals surface area contributed by atoms with Crippen LogP contribution in [0.25, 0.3) is 16.9 Å². The summed E-state index contributed by atoms with van der Waals surface area (Å²) in [7, 11) is 0. The van der Waals surface area contributed by atoms with Crippen LogP contribution in [0.5, 0.6) is 0 Å². The molecule has 92 valence electrons. The number of carbonyl (C=O) groups excluding carboxylic acids is 1. The SMILES string of the molecule is O=C1Cc2cc(-n3cnc4cccnc43)ccc2N1. The lowest BCUT2D eigenvalue weighted by Gasteiger charge is -2.05. The average Bonchev–Trinajstić information content (AvgIpc) is 2.99. The van der Waals surface area contributed by atoms with Gasteiger partial charge in [0.2, 0.25) is 5.91 Å². The van der Waals surface area contributed by atoms with Crippen LogP contribution < -0.4 is 5.32 Å². The van der Waals surface area contributed by atoms with Crippen LogP contribution >= 0.6 is 0 Å². The number of nitrogens with one attached hydrogen (secondary N) is 1. The smallest absolute Gasteiger partial charge is 0.228 e. The zero-order valence-corrected chi connectivity index (χ0v) is 10.00. The number of nitrogens with zero attached hydrogens (tertiary/aromatic N) is 3. The van der Waals surface area contributed by atoms with Gasteiger partial charge in [-0.05, 0) is 35.9 Å². The average molecular weight is 250 g/mol. The molecule has 19 heavy (non-hydrogen) atoms. The third-order valence-electron chi connectivity index (χ3n) is 3.30. The van der Waals surface area contributed by atoms with Gasteiger partial charge in [0.1, 0.15) is 11.8 Å². The van der Waals surface area contributed by atoms with Crippen molar-refractivity contribution in [2.24, 2.45) is 0 Å². The summed E-state index contributed by atoms with van der Waals surface area (Å²) in [6, 6.07) is 9.68. The van der Waals surface area contributed by atoms with Crippen molar-refractivity contribution in [2.75, 3.05) is 5.32 Å². The summed E-state index contributed by atoms with van der Waals surface area (Å²) in [6.07, 6.45) is 3.94. The highest BCUT2D eigenvalue weighted by Gasteiger charge is 2.18. The van der Waals surface area contributed by atoms with Crippen LogP contribution in [-0.4, -0.2) is 20.4 Å². The van der Waals surface area contributed by atoms with Gasteiger partial charge < -0.3 is 5.32 Å². The summed E-state index contributed by atoms with van der Waals surface area (Å²) in [4.78, 5) is 20.0.